The fourth-order valence-corrected chi connectivity index (χ4v) is 3.59. The van der Waals surface area contributed by atoms with Gasteiger partial charge in [0.2, 0.25) is 11.8 Å². The number of carbonyl (C=O) groups is 1. The number of hydrogen-bond donors (Lipinski definition) is 2. The van der Waals surface area contributed by atoms with E-state index < -0.39 is 0 Å². The van der Waals surface area contributed by atoms with E-state index >= 15 is 0 Å². The second kappa shape index (κ2) is 7.22. The van der Waals surface area contributed by atoms with Crippen LogP contribution in [0.5, 0.6) is 0 Å². The Bertz CT molecular complexity index is 490. The minimum absolute atomic E-state index is 0.152. The number of hydrogen-bond acceptors (Lipinski definition) is 5. The Kier molecular flexibility index (Phi) is 5.08. The van der Waals surface area contributed by atoms with E-state index in [0.29, 0.717) is 36.9 Å². The van der Waals surface area contributed by atoms with E-state index in [2.05, 4.69) is 27.7 Å². The topological polar surface area (TPSA) is 80.0 Å². The summed E-state index contributed by atoms with van der Waals surface area (Å²) in [7, 11) is 0. The summed E-state index contributed by atoms with van der Waals surface area (Å²) in [5.74, 6) is 1.57. The largest absolute Gasteiger partial charge is 0.353 e. The monoisotopic (exact) mass is 306 g/mol. The zero-order chi connectivity index (χ0) is 15.4. The van der Waals surface area contributed by atoms with Crippen LogP contribution < -0.4 is 10.6 Å². The molecule has 0 radical (unpaired) electrons. The molecule has 2 unspecified atom stereocenters. The average molecular weight is 306 g/mol. The van der Waals surface area contributed by atoms with Gasteiger partial charge in [-0.15, -0.1) is 0 Å². The molecule has 3 heterocycles. The Morgan fingerprint density at radius 3 is 2.82 bits per heavy atom. The smallest absolute Gasteiger partial charge is 0.226 e. The van der Waals surface area contributed by atoms with Gasteiger partial charge in [-0.2, -0.15) is 4.98 Å². The van der Waals surface area contributed by atoms with Crippen LogP contribution in [0, 0.1) is 0 Å². The summed E-state index contributed by atoms with van der Waals surface area (Å²) in [6, 6.07) is 1.57. The molecule has 1 aromatic rings. The third kappa shape index (κ3) is 4.06. The van der Waals surface area contributed by atoms with Gasteiger partial charge in [0.15, 0.2) is 5.82 Å². The number of aromatic nitrogens is 2. The molecule has 3 rings (SSSR count). The summed E-state index contributed by atoms with van der Waals surface area (Å²) in [4.78, 5) is 16.4. The summed E-state index contributed by atoms with van der Waals surface area (Å²) in [6.45, 7) is 2.09. The number of nitrogens with one attached hydrogen (secondary N) is 2. The molecule has 2 fully saturated rings. The van der Waals surface area contributed by atoms with Gasteiger partial charge < -0.3 is 15.2 Å². The van der Waals surface area contributed by atoms with E-state index in [1.807, 2.05) is 0 Å². The molecule has 2 saturated heterocycles. The molecular formula is C16H26N4O2. The molecule has 0 aliphatic carbocycles. The van der Waals surface area contributed by atoms with Crippen LogP contribution in [0.2, 0.25) is 0 Å². The SMILES string of the molecule is CCCc1noc(CCCC(=O)NC2CC3CCC(C2)N3)n1. The highest BCUT2D eigenvalue weighted by Crippen LogP contribution is 2.26. The highest BCUT2D eigenvalue weighted by molar-refractivity contribution is 5.76. The van der Waals surface area contributed by atoms with Crippen LogP contribution in [0.4, 0.5) is 0 Å². The van der Waals surface area contributed by atoms with E-state index in [9.17, 15) is 4.79 Å². The van der Waals surface area contributed by atoms with E-state index in [0.717, 1.165) is 37.9 Å². The first-order valence-electron chi connectivity index (χ1n) is 8.59. The minimum Gasteiger partial charge on any atom is -0.353 e. The third-order valence-electron chi connectivity index (χ3n) is 4.62. The van der Waals surface area contributed by atoms with Gasteiger partial charge in [-0.25, -0.2) is 0 Å². The first kappa shape index (κ1) is 15.5. The molecule has 2 bridgehead atoms. The van der Waals surface area contributed by atoms with Gasteiger partial charge in [0, 0.05) is 37.4 Å². The van der Waals surface area contributed by atoms with Crippen molar-refractivity contribution in [1.82, 2.24) is 20.8 Å². The molecule has 1 aromatic heterocycles. The molecule has 2 atom stereocenters. The van der Waals surface area contributed by atoms with Crippen molar-refractivity contribution in [2.24, 2.45) is 0 Å². The number of rotatable bonds is 7. The first-order valence-corrected chi connectivity index (χ1v) is 8.59. The van der Waals surface area contributed by atoms with Gasteiger partial charge >= 0.3 is 0 Å². The first-order chi connectivity index (χ1) is 10.7. The lowest BCUT2D eigenvalue weighted by Crippen LogP contribution is -2.48. The second-order valence-electron chi connectivity index (χ2n) is 6.58. The second-order valence-corrected chi connectivity index (χ2v) is 6.58. The molecule has 0 saturated carbocycles. The molecular weight excluding hydrogens is 280 g/mol. The number of nitrogens with zero attached hydrogens (tertiary/aromatic N) is 2. The van der Waals surface area contributed by atoms with E-state index in [4.69, 9.17) is 4.52 Å². The molecule has 1 amide bonds. The number of amides is 1. The summed E-state index contributed by atoms with van der Waals surface area (Å²) >= 11 is 0. The van der Waals surface area contributed by atoms with Gasteiger partial charge in [-0.05, 0) is 38.5 Å². The molecule has 6 heteroatoms. The van der Waals surface area contributed by atoms with Crippen molar-refractivity contribution in [1.29, 1.82) is 0 Å². The van der Waals surface area contributed by atoms with Crippen molar-refractivity contribution in [3.05, 3.63) is 11.7 Å². The molecule has 122 valence electrons. The summed E-state index contributed by atoms with van der Waals surface area (Å²) in [5.41, 5.74) is 0. The Hall–Kier alpha value is -1.43. The highest BCUT2D eigenvalue weighted by atomic mass is 16.5. The third-order valence-corrected chi connectivity index (χ3v) is 4.62. The van der Waals surface area contributed by atoms with Crippen molar-refractivity contribution >= 4 is 5.91 Å². The summed E-state index contributed by atoms with van der Waals surface area (Å²) < 4.78 is 5.18. The Morgan fingerprint density at radius 2 is 2.09 bits per heavy atom. The van der Waals surface area contributed by atoms with E-state index in [1.54, 1.807) is 0 Å². The number of carbonyl (C=O) groups excluding carboxylic acids is 1. The Labute approximate surface area is 131 Å². The van der Waals surface area contributed by atoms with Crippen molar-refractivity contribution in [2.75, 3.05) is 0 Å². The fraction of sp³-hybridized carbons (Fsp3) is 0.812. The minimum atomic E-state index is 0.152. The van der Waals surface area contributed by atoms with Gasteiger partial charge in [-0.1, -0.05) is 12.1 Å². The van der Waals surface area contributed by atoms with Crippen LogP contribution in [0.25, 0.3) is 0 Å². The predicted molar refractivity (Wildman–Crippen MR) is 82.3 cm³/mol. The normalized spacial score (nSPS) is 27.0. The van der Waals surface area contributed by atoms with Crippen LogP contribution >= 0.6 is 0 Å². The maximum absolute atomic E-state index is 12.0. The lowest BCUT2D eigenvalue weighted by atomic mass is 9.99. The maximum atomic E-state index is 12.0. The zero-order valence-corrected chi connectivity index (χ0v) is 13.3. The Morgan fingerprint density at radius 1 is 1.32 bits per heavy atom. The molecule has 2 aliphatic heterocycles. The van der Waals surface area contributed by atoms with Crippen molar-refractivity contribution < 1.29 is 9.32 Å². The van der Waals surface area contributed by atoms with E-state index in [1.165, 1.54) is 12.8 Å². The predicted octanol–water partition coefficient (Wildman–Crippen LogP) is 1.74. The van der Waals surface area contributed by atoms with Gasteiger partial charge in [0.25, 0.3) is 0 Å². The van der Waals surface area contributed by atoms with Gasteiger partial charge in [0.1, 0.15) is 0 Å². The van der Waals surface area contributed by atoms with Crippen LogP contribution in [-0.2, 0) is 17.6 Å². The number of fused-ring (bicyclic) bond motifs is 2. The van der Waals surface area contributed by atoms with Crippen molar-refractivity contribution in [3.8, 4) is 0 Å². The Balaban J connectivity index is 1.35. The molecule has 0 aromatic carbocycles. The number of piperidine rings is 1. The number of aryl methyl sites for hydroxylation is 2. The summed E-state index contributed by atoms with van der Waals surface area (Å²) in [5, 5.41) is 10.7. The van der Waals surface area contributed by atoms with Crippen LogP contribution in [0.1, 0.15) is 63.6 Å². The van der Waals surface area contributed by atoms with E-state index in [-0.39, 0.29) is 5.91 Å². The van der Waals surface area contributed by atoms with Gasteiger partial charge in [0.05, 0.1) is 0 Å². The summed E-state index contributed by atoms with van der Waals surface area (Å²) in [6.07, 6.45) is 8.51. The maximum Gasteiger partial charge on any atom is 0.226 e. The van der Waals surface area contributed by atoms with Crippen LogP contribution in [0.15, 0.2) is 4.52 Å². The molecule has 22 heavy (non-hydrogen) atoms. The van der Waals surface area contributed by atoms with Crippen molar-refractivity contribution in [2.45, 2.75) is 82.8 Å². The van der Waals surface area contributed by atoms with Gasteiger partial charge in [-0.3, -0.25) is 4.79 Å². The zero-order valence-electron chi connectivity index (χ0n) is 13.3. The molecule has 6 nitrogen and oxygen atoms in total. The van der Waals surface area contributed by atoms with Crippen LogP contribution in [0.3, 0.4) is 0 Å². The lowest BCUT2D eigenvalue weighted by Gasteiger charge is -2.29. The quantitative estimate of drug-likeness (QED) is 0.802. The van der Waals surface area contributed by atoms with Crippen LogP contribution in [-0.4, -0.2) is 34.2 Å². The molecule has 2 aliphatic rings. The standard InChI is InChI=1S/C16H26N4O2/c1-2-4-14-19-16(22-20-14)6-3-5-15(21)18-13-9-11-7-8-12(10-13)17-11/h11-13,17H,2-10H2,1H3,(H,18,21). The van der Waals surface area contributed by atoms with Crippen molar-refractivity contribution in [3.63, 3.8) is 0 Å². The lowest BCUT2D eigenvalue weighted by molar-refractivity contribution is -0.122. The molecule has 2 N–H and O–H groups in total. The highest BCUT2D eigenvalue weighted by Gasteiger charge is 2.33. The molecule has 0 spiro atoms. The fourth-order valence-electron chi connectivity index (χ4n) is 3.59. The average Bonchev–Trinajstić information content (AvgIpc) is 3.06.